The Labute approximate surface area is 160 Å². The number of amides is 3. The fourth-order valence-corrected chi connectivity index (χ4v) is 3.95. The molecule has 2 aromatic rings. The first kappa shape index (κ1) is 18.7. The van der Waals surface area contributed by atoms with Gasteiger partial charge >= 0.3 is 6.03 Å². The van der Waals surface area contributed by atoms with Gasteiger partial charge in [0, 0.05) is 22.2 Å². The molecule has 1 aliphatic rings. The monoisotopic (exact) mass is 392 g/mol. The molecule has 3 amide bonds. The predicted molar refractivity (Wildman–Crippen MR) is 101 cm³/mol. The van der Waals surface area contributed by atoms with Crippen LogP contribution in [-0.4, -0.2) is 29.1 Å². The predicted octanol–water partition coefficient (Wildman–Crippen LogP) is 4.43. The van der Waals surface area contributed by atoms with Crippen molar-refractivity contribution in [3.05, 3.63) is 64.9 Å². The van der Waals surface area contributed by atoms with Crippen LogP contribution in [0.1, 0.15) is 18.9 Å². The molecule has 3 rings (SSSR count). The molecule has 1 aliphatic heterocycles. The Kier molecular flexibility index (Phi) is 5.53. The van der Waals surface area contributed by atoms with Crippen molar-refractivity contribution in [3.8, 4) is 0 Å². The van der Waals surface area contributed by atoms with Crippen molar-refractivity contribution in [1.29, 1.82) is 0 Å². The minimum Gasteiger partial charge on any atom is -0.319 e. The smallest absolute Gasteiger partial charge is 0.319 e. The number of carbonyl (C=O) groups is 2. The van der Waals surface area contributed by atoms with Crippen molar-refractivity contribution in [2.45, 2.75) is 23.8 Å². The molecule has 7 heteroatoms. The van der Waals surface area contributed by atoms with Crippen molar-refractivity contribution in [2.75, 3.05) is 12.3 Å². The molecular weight excluding hydrogens is 375 g/mol. The molecule has 0 spiro atoms. The van der Waals surface area contributed by atoms with Crippen LogP contribution in [0.2, 0.25) is 5.02 Å². The van der Waals surface area contributed by atoms with Gasteiger partial charge in [-0.25, -0.2) is 9.18 Å². The zero-order chi connectivity index (χ0) is 18.7. The Hall–Kier alpha value is -2.05. The number of rotatable bonds is 6. The number of urea groups is 1. The second-order valence-electron chi connectivity index (χ2n) is 5.96. The molecule has 0 aromatic heterocycles. The van der Waals surface area contributed by atoms with Crippen LogP contribution < -0.4 is 5.32 Å². The normalized spacial score (nSPS) is 19.7. The van der Waals surface area contributed by atoms with Gasteiger partial charge in [0.1, 0.15) is 11.4 Å². The van der Waals surface area contributed by atoms with E-state index < -0.39 is 11.6 Å². The molecule has 4 nitrogen and oxygen atoms in total. The van der Waals surface area contributed by atoms with Crippen molar-refractivity contribution in [2.24, 2.45) is 0 Å². The number of carbonyl (C=O) groups excluding carboxylic acids is 2. The van der Waals surface area contributed by atoms with E-state index in [0.29, 0.717) is 29.3 Å². The van der Waals surface area contributed by atoms with Crippen LogP contribution in [0.5, 0.6) is 0 Å². The number of thioether (sulfide) groups is 1. The van der Waals surface area contributed by atoms with E-state index in [4.69, 9.17) is 11.6 Å². The molecule has 1 atom stereocenters. The lowest BCUT2D eigenvalue weighted by atomic mass is 9.87. The minimum absolute atomic E-state index is 0.293. The van der Waals surface area contributed by atoms with E-state index in [-0.39, 0.29) is 11.7 Å². The summed E-state index contributed by atoms with van der Waals surface area (Å²) in [6.45, 7) is 2.12. The molecule has 2 aromatic carbocycles. The van der Waals surface area contributed by atoms with Gasteiger partial charge in [-0.05, 0) is 48.4 Å². The summed E-state index contributed by atoms with van der Waals surface area (Å²) in [5.74, 6) is -0.106. The lowest BCUT2D eigenvalue weighted by Crippen LogP contribution is -2.43. The topological polar surface area (TPSA) is 49.4 Å². The summed E-state index contributed by atoms with van der Waals surface area (Å²) in [6, 6.07) is 12.7. The quantitative estimate of drug-likeness (QED) is 0.584. The second kappa shape index (κ2) is 7.68. The fraction of sp³-hybridized carbons (Fsp3) is 0.263. The summed E-state index contributed by atoms with van der Waals surface area (Å²) >= 11 is 7.41. The van der Waals surface area contributed by atoms with Gasteiger partial charge in [0.2, 0.25) is 0 Å². The summed E-state index contributed by atoms with van der Waals surface area (Å²) < 4.78 is 13.2. The van der Waals surface area contributed by atoms with Gasteiger partial charge < -0.3 is 5.32 Å². The first-order valence-electron chi connectivity index (χ1n) is 8.25. The lowest BCUT2D eigenvalue weighted by Gasteiger charge is -2.25. The highest BCUT2D eigenvalue weighted by atomic mass is 35.5. The second-order valence-corrected chi connectivity index (χ2v) is 7.56. The molecule has 1 unspecified atom stereocenters. The maximum atomic E-state index is 13.2. The first-order chi connectivity index (χ1) is 12.5. The van der Waals surface area contributed by atoms with Gasteiger partial charge in [0.05, 0.1) is 0 Å². The Balaban J connectivity index is 1.71. The van der Waals surface area contributed by atoms with E-state index >= 15 is 0 Å². The molecule has 0 aliphatic carbocycles. The van der Waals surface area contributed by atoms with E-state index in [1.807, 2.05) is 19.1 Å². The number of nitrogens with zero attached hydrogens (tertiary/aromatic N) is 1. The van der Waals surface area contributed by atoms with E-state index in [1.165, 1.54) is 17.0 Å². The number of nitrogens with one attached hydrogen (secondary N) is 1. The number of hydrogen-bond donors (Lipinski definition) is 1. The molecule has 0 bridgehead atoms. The van der Waals surface area contributed by atoms with Crippen LogP contribution in [0.25, 0.3) is 0 Å². The van der Waals surface area contributed by atoms with Crippen molar-refractivity contribution < 1.29 is 14.0 Å². The average molecular weight is 393 g/mol. The Morgan fingerprint density at radius 2 is 1.77 bits per heavy atom. The van der Waals surface area contributed by atoms with Crippen LogP contribution in [0, 0.1) is 5.82 Å². The van der Waals surface area contributed by atoms with Crippen molar-refractivity contribution in [3.63, 3.8) is 0 Å². The highest BCUT2D eigenvalue weighted by Crippen LogP contribution is 2.33. The molecule has 1 saturated heterocycles. The zero-order valence-electron chi connectivity index (χ0n) is 14.2. The Morgan fingerprint density at radius 1 is 1.12 bits per heavy atom. The van der Waals surface area contributed by atoms with E-state index in [1.54, 1.807) is 36.0 Å². The number of hydrogen-bond acceptors (Lipinski definition) is 3. The molecule has 1 N–H and O–H groups in total. The number of imide groups is 1. The number of halogens is 2. The summed E-state index contributed by atoms with van der Waals surface area (Å²) in [6.07, 6.45) is 0.393. The summed E-state index contributed by atoms with van der Waals surface area (Å²) in [5, 5.41) is 3.46. The zero-order valence-corrected chi connectivity index (χ0v) is 15.7. The summed E-state index contributed by atoms with van der Waals surface area (Å²) in [5.41, 5.74) is -0.539. The third kappa shape index (κ3) is 3.57. The maximum absolute atomic E-state index is 13.2. The summed E-state index contributed by atoms with van der Waals surface area (Å²) in [7, 11) is 0. The Bertz CT molecular complexity index is 813. The van der Waals surface area contributed by atoms with Gasteiger partial charge in [0.15, 0.2) is 0 Å². The molecule has 26 heavy (non-hydrogen) atoms. The van der Waals surface area contributed by atoms with E-state index in [0.717, 1.165) is 4.90 Å². The van der Waals surface area contributed by atoms with Crippen LogP contribution in [0.4, 0.5) is 9.18 Å². The maximum Gasteiger partial charge on any atom is 0.325 e. The largest absolute Gasteiger partial charge is 0.325 e. The van der Waals surface area contributed by atoms with Gasteiger partial charge in [-0.3, -0.25) is 9.69 Å². The lowest BCUT2D eigenvalue weighted by molar-refractivity contribution is -0.131. The van der Waals surface area contributed by atoms with Crippen LogP contribution >= 0.6 is 23.4 Å². The van der Waals surface area contributed by atoms with Gasteiger partial charge in [-0.15, -0.1) is 11.8 Å². The highest BCUT2D eigenvalue weighted by Gasteiger charge is 2.50. The number of benzene rings is 2. The average Bonchev–Trinajstić information content (AvgIpc) is 2.89. The molecule has 1 heterocycles. The molecule has 0 saturated carbocycles. The minimum atomic E-state index is -1.13. The van der Waals surface area contributed by atoms with Crippen LogP contribution in [0.3, 0.4) is 0 Å². The van der Waals surface area contributed by atoms with E-state index in [9.17, 15) is 14.0 Å². The third-order valence-electron chi connectivity index (χ3n) is 4.44. The SMILES string of the molecule is CCC1(c2ccc(F)cc2)NC(=O)N(CCSc2ccc(Cl)cc2)C1=O. The third-order valence-corrected chi connectivity index (χ3v) is 5.68. The van der Waals surface area contributed by atoms with Crippen LogP contribution in [0.15, 0.2) is 53.4 Å². The fourth-order valence-electron chi connectivity index (χ4n) is 2.99. The van der Waals surface area contributed by atoms with E-state index in [2.05, 4.69) is 5.32 Å². The van der Waals surface area contributed by atoms with Crippen molar-refractivity contribution in [1.82, 2.24) is 10.2 Å². The molecule has 0 radical (unpaired) electrons. The first-order valence-corrected chi connectivity index (χ1v) is 9.61. The van der Waals surface area contributed by atoms with Gasteiger partial charge in [0.25, 0.3) is 5.91 Å². The Morgan fingerprint density at radius 3 is 2.38 bits per heavy atom. The van der Waals surface area contributed by atoms with Crippen molar-refractivity contribution >= 4 is 35.3 Å². The van der Waals surface area contributed by atoms with Crippen LogP contribution in [-0.2, 0) is 10.3 Å². The van der Waals surface area contributed by atoms with Gasteiger partial charge in [-0.2, -0.15) is 0 Å². The molecule has 1 fully saturated rings. The highest BCUT2D eigenvalue weighted by molar-refractivity contribution is 7.99. The standard InChI is InChI=1S/C19H18ClFN2O2S/c1-2-19(13-3-7-15(21)8-4-13)17(24)23(18(25)22-19)11-12-26-16-9-5-14(20)6-10-16/h3-10H,2,11-12H2,1H3,(H,22,25). The molecule has 136 valence electrons. The molecular formula is C19H18ClFN2O2S. The van der Waals surface area contributed by atoms with Gasteiger partial charge in [-0.1, -0.05) is 30.7 Å². The summed E-state index contributed by atoms with van der Waals surface area (Å²) in [4.78, 5) is 27.6.